The minimum Gasteiger partial charge on any atom is -0.484 e. The Morgan fingerprint density at radius 3 is 2.03 bits per heavy atom. The van der Waals surface area contributed by atoms with E-state index >= 15 is 0 Å². The zero-order chi connectivity index (χ0) is 26.4. The molecule has 1 N–H and O–H groups in total. The summed E-state index contributed by atoms with van der Waals surface area (Å²) in [6, 6.07) is 28.8. The molecule has 190 valence electrons. The first-order chi connectivity index (χ1) is 17.7. The van der Waals surface area contributed by atoms with E-state index < -0.39 is 10.0 Å². The van der Waals surface area contributed by atoms with Crippen molar-refractivity contribution >= 4 is 27.3 Å². The molecule has 4 rings (SSSR count). The number of hydrogen-bond donors (Lipinski definition) is 1. The van der Waals surface area contributed by atoms with Gasteiger partial charge in [-0.1, -0.05) is 66.2 Å². The van der Waals surface area contributed by atoms with Gasteiger partial charge in [-0.25, -0.2) is 8.42 Å². The molecule has 0 fully saturated rings. The lowest BCUT2D eigenvalue weighted by molar-refractivity contribution is -0.118. The maximum atomic E-state index is 13.6. The average Bonchev–Trinajstić information content (AvgIpc) is 2.89. The number of hydrogen-bond acceptors (Lipinski definition) is 4. The smallest absolute Gasteiger partial charge is 0.264 e. The van der Waals surface area contributed by atoms with Gasteiger partial charge in [-0.15, -0.1) is 0 Å². The highest BCUT2D eigenvalue weighted by Crippen LogP contribution is 2.28. The standard InChI is InChI=1S/C30H30N2O4S/c1-22-12-18-28(19-13-22)37(34,35)32(20-25-10-5-4-6-11-25)26-14-16-27(17-15-26)36-21-29(33)31-30-23(2)8-7-9-24(30)3/h4-19H,20-21H2,1-3H3,(H,31,33). The molecule has 0 aliphatic rings. The van der Waals surface area contributed by atoms with Gasteiger partial charge in [-0.05, 0) is 73.9 Å². The lowest BCUT2D eigenvalue weighted by Gasteiger charge is -2.25. The Kier molecular flexibility index (Phi) is 7.94. The predicted octanol–water partition coefficient (Wildman–Crippen LogP) is 6.02. The van der Waals surface area contributed by atoms with Crippen LogP contribution >= 0.6 is 0 Å². The molecular formula is C30H30N2O4S. The van der Waals surface area contributed by atoms with E-state index in [1.54, 1.807) is 48.5 Å². The van der Waals surface area contributed by atoms with Gasteiger partial charge in [-0.3, -0.25) is 9.10 Å². The third kappa shape index (κ3) is 6.37. The normalized spacial score (nSPS) is 11.1. The number of amides is 1. The van der Waals surface area contributed by atoms with Gasteiger partial charge in [0.05, 0.1) is 17.1 Å². The number of nitrogens with one attached hydrogen (secondary N) is 1. The Morgan fingerprint density at radius 2 is 1.41 bits per heavy atom. The van der Waals surface area contributed by atoms with Crippen molar-refractivity contribution in [3.63, 3.8) is 0 Å². The molecule has 0 radical (unpaired) electrons. The second-order valence-corrected chi connectivity index (χ2v) is 10.8. The van der Waals surface area contributed by atoms with Crippen LogP contribution in [0.3, 0.4) is 0 Å². The van der Waals surface area contributed by atoms with Crippen LogP contribution in [0.1, 0.15) is 22.3 Å². The molecule has 0 heterocycles. The molecule has 0 aliphatic carbocycles. The molecule has 4 aromatic rings. The Bertz CT molecular complexity index is 1450. The summed E-state index contributed by atoms with van der Waals surface area (Å²) < 4.78 is 34.3. The fourth-order valence-corrected chi connectivity index (χ4v) is 5.40. The summed E-state index contributed by atoms with van der Waals surface area (Å²) in [6.07, 6.45) is 0. The maximum absolute atomic E-state index is 13.6. The van der Waals surface area contributed by atoms with Crippen molar-refractivity contribution in [2.75, 3.05) is 16.2 Å². The molecule has 37 heavy (non-hydrogen) atoms. The topological polar surface area (TPSA) is 75.7 Å². The van der Waals surface area contributed by atoms with Gasteiger partial charge in [0, 0.05) is 5.69 Å². The van der Waals surface area contributed by atoms with E-state index in [1.165, 1.54) is 4.31 Å². The molecule has 0 saturated heterocycles. The van der Waals surface area contributed by atoms with Gasteiger partial charge >= 0.3 is 0 Å². The van der Waals surface area contributed by atoms with Crippen LogP contribution in [-0.2, 0) is 21.4 Å². The van der Waals surface area contributed by atoms with Crippen LogP contribution in [-0.4, -0.2) is 20.9 Å². The third-order valence-corrected chi connectivity index (χ3v) is 7.81. The van der Waals surface area contributed by atoms with Crippen LogP contribution in [0, 0.1) is 20.8 Å². The summed E-state index contributed by atoms with van der Waals surface area (Å²) >= 11 is 0. The molecule has 0 bridgehead atoms. The zero-order valence-electron chi connectivity index (χ0n) is 21.1. The summed E-state index contributed by atoms with van der Waals surface area (Å²) in [4.78, 5) is 12.7. The second-order valence-electron chi connectivity index (χ2n) is 8.91. The summed E-state index contributed by atoms with van der Waals surface area (Å²) in [7, 11) is -3.82. The van der Waals surface area contributed by atoms with E-state index in [9.17, 15) is 13.2 Å². The Balaban J connectivity index is 1.52. The molecule has 0 aliphatic heterocycles. The Labute approximate surface area is 218 Å². The van der Waals surface area contributed by atoms with E-state index in [4.69, 9.17) is 4.74 Å². The number of carbonyl (C=O) groups excluding carboxylic acids is 1. The first-order valence-corrected chi connectivity index (χ1v) is 13.4. The molecule has 0 unspecified atom stereocenters. The van der Waals surface area contributed by atoms with Gasteiger partial charge in [-0.2, -0.15) is 0 Å². The van der Waals surface area contributed by atoms with E-state index in [0.717, 1.165) is 27.9 Å². The molecule has 0 aromatic heterocycles. The third-order valence-electron chi connectivity index (χ3n) is 6.02. The van der Waals surface area contributed by atoms with Gasteiger partial charge in [0.15, 0.2) is 6.61 Å². The van der Waals surface area contributed by atoms with E-state index in [-0.39, 0.29) is 24.0 Å². The van der Waals surface area contributed by atoms with Crippen LogP contribution in [0.4, 0.5) is 11.4 Å². The van der Waals surface area contributed by atoms with Crippen molar-refractivity contribution in [3.8, 4) is 5.75 Å². The van der Waals surface area contributed by atoms with Crippen LogP contribution < -0.4 is 14.4 Å². The minimum absolute atomic E-state index is 0.164. The predicted molar refractivity (Wildman–Crippen MR) is 147 cm³/mol. The lowest BCUT2D eigenvalue weighted by Crippen LogP contribution is -2.30. The summed E-state index contributed by atoms with van der Waals surface area (Å²) in [5.41, 5.74) is 5.08. The van der Waals surface area contributed by atoms with Crippen LogP contribution in [0.5, 0.6) is 5.75 Å². The summed E-state index contributed by atoms with van der Waals surface area (Å²) in [6.45, 7) is 5.80. The van der Waals surface area contributed by atoms with Crippen molar-refractivity contribution < 1.29 is 17.9 Å². The van der Waals surface area contributed by atoms with E-state index in [1.807, 2.05) is 69.3 Å². The van der Waals surface area contributed by atoms with Gasteiger partial charge < -0.3 is 10.1 Å². The molecule has 1 amide bonds. The first kappa shape index (κ1) is 26.0. The minimum atomic E-state index is -3.82. The van der Waals surface area contributed by atoms with Crippen molar-refractivity contribution in [1.29, 1.82) is 0 Å². The Hall–Kier alpha value is -4.10. The number of carbonyl (C=O) groups is 1. The van der Waals surface area contributed by atoms with E-state index in [2.05, 4.69) is 5.32 Å². The van der Waals surface area contributed by atoms with E-state index in [0.29, 0.717) is 11.4 Å². The molecular weight excluding hydrogens is 484 g/mol. The Morgan fingerprint density at radius 1 is 0.784 bits per heavy atom. The molecule has 7 heteroatoms. The largest absolute Gasteiger partial charge is 0.484 e. The summed E-state index contributed by atoms with van der Waals surface area (Å²) in [5.74, 6) is 0.196. The number of anilines is 2. The SMILES string of the molecule is Cc1ccc(S(=O)(=O)N(Cc2ccccc2)c2ccc(OCC(=O)Nc3c(C)cccc3C)cc2)cc1. The maximum Gasteiger partial charge on any atom is 0.264 e. The van der Waals surface area contributed by atoms with Crippen molar-refractivity contribution in [2.45, 2.75) is 32.2 Å². The molecule has 0 atom stereocenters. The fraction of sp³-hybridized carbons (Fsp3) is 0.167. The number of rotatable bonds is 9. The van der Waals surface area contributed by atoms with Crippen LogP contribution in [0.2, 0.25) is 0 Å². The van der Waals surface area contributed by atoms with Crippen molar-refractivity contribution in [1.82, 2.24) is 0 Å². The number of nitrogens with zero attached hydrogens (tertiary/aromatic N) is 1. The van der Waals surface area contributed by atoms with Crippen molar-refractivity contribution in [3.05, 3.63) is 119 Å². The average molecular weight is 515 g/mol. The molecule has 6 nitrogen and oxygen atoms in total. The lowest BCUT2D eigenvalue weighted by atomic mass is 10.1. The van der Waals surface area contributed by atoms with Crippen molar-refractivity contribution in [2.24, 2.45) is 0 Å². The quantitative estimate of drug-likeness (QED) is 0.296. The number of para-hydroxylation sites is 1. The number of benzene rings is 4. The monoisotopic (exact) mass is 514 g/mol. The van der Waals surface area contributed by atoms with Crippen LogP contribution in [0.15, 0.2) is 102 Å². The highest BCUT2D eigenvalue weighted by atomic mass is 32.2. The second kappa shape index (κ2) is 11.3. The summed E-state index contributed by atoms with van der Waals surface area (Å²) in [5, 5.41) is 2.90. The molecule has 0 saturated carbocycles. The van der Waals surface area contributed by atoms with Gasteiger partial charge in [0.1, 0.15) is 5.75 Å². The first-order valence-electron chi connectivity index (χ1n) is 12.0. The highest BCUT2D eigenvalue weighted by molar-refractivity contribution is 7.92. The van der Waals surface area contributed by atoms with Gasteiger partial charge in [0.25, 0.3) is 15.9 Å². The number of ether oxygens (including phenoxy) is 1. The van der Waals surface area contributed by atoms with Crippen LogP contribution in [0.25, 0.3) is 0 Å². The number of aryl methyl sites for hydroxylation is 3. The molecule has 4 aromatic carbocycles. The zero-order valence-corrected chi connectivity index (χ0v) is 22.0. The number of sulfonamides is 1. The molecule has 0 spiro atoms. The van der Waals surface area contributed by atoms with Gasteiger partial charge in [0.2, 0.25) is 0 Å². The highest BCUT2D eigenvalue weighted by Gasteiger charge is 2.25. The fourth-order valence-electron chi connectivity index (χ4n) is 3.95.